The minimum absolute atomic E-state index is 0.0358. The zero-order valence-corrected chi connectivity index (χ0v) is 28.6. The van der Waals surface area contributed by atoms with E-state index in [-0.39, 0.29) is 42.4 Å². The second kappa shape index (κ2) is 16.5. The smallest absolute Gasteiger partial charge is 0.422 e. The van der Waals surface area contributed by atoms with Crippen LogP contribution in [0, 0.1) is 0 Å². The number of ether oxygens (including phenoxy) is 2. The number of Topliss-reactive ketones (excluding diaryl/α,β-unsaturated/α-hetero) is 1. The molecule has 2 aromatic heterocycles. The quantitative estimate of drug-likeness (QED) is 0.0822. The highest BCUT2D eigenvalue weighted by Crippen LogP contribution is 2.48. The Kier molecular flexibility index (Phi) is 11.9. The molecule has 19 heteroatoms. The van der Waals surface area contributed by atoms with Crippen LogP contribution in [-0.4, -0.2) is 76.0 Å². The van der Waals surface area contributed by atoms with E-state index < -0.39 is 53.9 Å². The Balaban J connectivity index is 1.21. The predicted molar refractivity (Wildman–Crippen MR) is 184 cm³/mol. The van der Waals surface area contributed by atoms with Gasteiger partial charge in [0.2, 0.25) is 23.2 Å². The van der Waals surface area contributed by atoms with Gasteiger partial charge < -0.3 is 35.7 Å². The lowest BCUT2D eigenvalue weighted by Gasteiger charge is -2.19. The van der Waals surface area contributed by atoms with Crippen LogP contribution >= 0.6 is 11.6 Å². The number of aromatic nitrogens is 4. The summed E-state index contributed by atoms with van der Waals surface area (Å²) in [6.07, 6.45) is -2.28. The number of methoxy groups -OCH3 is 1. The number of rotatable bonds is 16. The molecule has 2 aromatic carbocycles. The van der Waals surface area contributed by atoms with Crippen LogP contribution in [0.2, 0.25) is 5.02 Å². The van der Waals surface area contributed by atoms with Crippen molar-refractivity contribution < 1.29 is 41.8 Å². The molecule has 2 amide bonds. The summed E-state index contributed by atoms with van der Waals surface area (Å²) in [5.74, 6) is -3.33. The van der Waals surface area contributed by atoms with Crippen molar-refractivity contribution in [3.63, 3.8) is 0 Å². The molecular formula is C34H32ClF3N8O7. The van der Waals surface area contributed by atoms with Gasteiger partial charge in [-0.3, -0.25) is 19.2 Å². The first-order chi connectivity index (χ1) is 25.2. The summed E-state index contributed by atoms with van der Waals surface area (Å²) in [4.78, 5) is 75.9. The molecule has 0 radical (unpaired) electrons. The van der Waals surface area contributed by atoms with Crippen molar-refractivity contribution in [1.82, 2.24) is 30.6 Å². The number of nitrogens with one attached hydrogen (secondary N) is 5. The Bertz CT molecular complexity index is 2000. The molecule has 1 aliphatic rings. The van der Waals surface area contributed by atoms with E-state index in [1.165, 1.54) is 42.6 Å². The van der Waals surface area contributed by atoms with Gasteiger partial charge in [0.1, 0.15) is 6.04 Å². The molecular weight excluding hydrogens is 725 g/mol. The van der Waals surface area contributed by atoms with Gasteiger partial charge >= 0.3 is 18.2 Å². The number of halogens is 4. The van der Waals surface area contributed by atoms with Gasteiger partial charge in [0.05, 0.1) is 12.6 Å². The van der Waals surface area contributed by atoms with Gasteiger partial charge in [-0.05, 0) is 66.8 Å². The minimum Gasteiger partial charge on any atom is -0.467 e. The first-order valence-electron chi connectivity index (χ1n) is 16.0. The molecule has 1 aliphatic carbocycles. The summed E-state index contributed by atoms with van der Waals surface area (Å²) in [5, 5.41) is 11.5. The third-order valence-electron chi connectivity index (χ3n) is 7.86. The number of esters is 1. The lowest BCUT2D eigenvalue weighted by molar-refractivity contribution is -0.154. The summed E-state index contributed by atoms with van der Waals surface area (Å²) in [6.45, 7) is -1.78. The van der Waals surface area contributed by atoms with Crippen LogP contribution in [-0.2, 0) is 31.1 Å². The maximum Gasteiger partial charge on any atom is 0.422 e. The molecule has 1 fully saturated rings. The number of anilines is 3. The largest absolute Gasteiger partial charge is 0.467 e. The Hall–Kier alpha value is -6.04. The van der Waals surface area contributed by atoms with Crippen molar-refractivity contribution in [1.29, 1.82) is 0 Å². The molecule has 4 aromatic rings. The van der Waals surface area contributed by atoms with E-state index in [9.17, 15) is 37.1 Å². The number of benzene rings is 2. The Morgan fingerprint density at radius 1 is 0.962 bits per heavy atom. The molecule has 0 spiro atoms. The molecule has 1 saturated carbocycles. The number of alkyl halides is 3. The highest BCUT2D eigenvalue weighted by Gasteiger charge is 2.45. The number of pyridine rings is 1. The second-order valence-electron chi connectivity index (χ2n) is 11.8. The SMILES string of the molecule is COC(=O)[C@H](CCNC(=O)C(=O)Cc1ccc(=O)[nH]c1)NC(=O)c1ccc(Nc2nc(NC3(c4ccc(Cl)cc4)CC3)nc(OCC(F)(F)F)n2)cc1. The fraction of sp³-hybridized carbons (Fsp3) is 0.294. The van der Waals surface area contributed by atoms with Crippen molar-refractivity contribution in [3.05, 3.63) is 98.9 Å². The number of nitrogens with zero attached hydrogens (tertiary/aromatic N) is 3. The zero-order valence-electron chi connectivity index (χ0n) is 27.9. The van der Waals surface area contributed by atoms with Gasteiger partial charge in [-0.1, -0.05) is 29.8 Å². The maximum atomic E-state index is 13.0. The molecule has 0 bridgehead atoms. The van der Waals surface area contributed by atoms with Crippen LogP contribution in [0.15, 0.2) is 71.7 Å². The number of aromatic amines is 1. The van der Waals surface area contributed by atoms with E-state index in [1.807, 2.05) is 12.1 Å². The number of hydrogen-bond acceptors (Lipinski definition) is 12. The highest BCUT2D eigenvalue weighted by molar-refractivity contribution is 6.36. The van der Waals surface area contributed by atoms with Crippen LogP contribution in [0.5, 0.6) is 6.01 Å². The summed E-state index contributed by atoms with van der Waals surface area (Å²) >= 11 is 6.02. The number of amides is 2. The maximum absolute atomic E-state index is 13.0. The van der Waals surface area contributed by atoms with E-state index >= 15 is 0 Å². The first kappa shape index (κ1) is 38.2. The van der Waals surface area contributed by atoms with Crippen LogP contribution in [0.3, 0.4) is 0 Å². The molecule has 278 valence electrons. The average molecular weight is 757 g/mol. The van der Waals surface area contributed by atoms with Gasteiger partial charge in [0.15, 0.2) is 6.61 Å². The topological polar surface area (TPSA) is 206 Å². The van der Waals surface area contributed by atoms with E-state index in [0.717, 1.165) is 12.7 Å². The molecule has 1 atom stereocenters. The molecule has 5 N–H and O–H groups in total. The molecule has 0 saturated heterocycles. The monoisotopic (exact) mass is 756 g/mol. The summed E-state index contributed by atoms with van der Waals surface area (Å²) < 4.78 is 48.4. The van der Waals surface area contributed by atoms with Crippen molar-refractivity contribution >= 4 is 52.8 Å². The fourth-order valence-corrected chi connectivity index (χ4v) is 5.11. The molecule has 2 heterocycles. The lowest BCUT2D eigenvalue weighted by atomic mass is 10.1. The van der Waals surface area contributed by atoms with Gasteiger partial charge in [-0.2, -0.15) is 28.1 Å². The minimum atomic E-state index is -4.64. The molecule has 0 aliphatic heterocycles. The average Bonchev–Trinajstić information content (AvgIpc) is 3.91. The molecule has 0 unspecified atom stereocenters. The van der Waals surface area contributed by atoms with E-state index in [1.54, 1.807) is 12.1 Å². The summed E-state index contributed by atoms with van der Waals surface area (Å²) in [7, 11) is 1.12. The van der Waals surface area contributed by atoms with Gasteiger partial charge in [-0.25, -0.2) is 4.79 Å². The highest BCUT2D eigenvalue weighted by atomic mass is 35.5. The number of carbonyl (C=O) groups excluding carboxylic acids is 4. The van der Waals surface area contributed by atoms with Crippen LogP contribution in [0.25, 0.3) is 0 Å². The number of ketones is 1. The van der Waals surface area contributed by atoms with Gasteiger partial charge in [0, 0.05) is 41.5 Å². The normalized spacial score (nSPS) is 13.6. The van der Waals surface area contributed by atoms with Crippen LogP contribution in [0.4, 0.5) is 30.8 Å². The zero-order chi connectivity index (χ0) is 38.2. The number of hydrogen-bond donors (Lipinski definition) is 5. The summed E-state index contributed by atoms with van der Waals surface area (Å²) in [6, 6.07) is 13.7. The van der Waals surface area contributed by atoms with E-state index in [2.05, 4.69) is 41.2 Å². The number of H-pyrrole nitrogens is 1. The van der Waals surface area contributed by atoms with Gasteiger partial charge in [-0.15, -0.1) is 0 Å². The standard InChI is InChI=1S/C34H32ClF3N8O7/c1-52-29(51)24(12-15-39-28(50)25(47)16-19-2-11-26(48)40-17-19)42-27(49)20-3-9-23(10-4-20)41-30-43-31(45-32(44-30)53-18-34(36,37)38)46-33(13-14-33)21-5-7-22(35)8-6-21/h2-11,17,24H,12-16,18H2,1H3,(H,39,50)(H,40,48)(H,42,49)(H2,41,43,44,45,46)/t24-/m0/s1. The van der Waals surface area contributed by atoms with E-state index in [0.29, 0.717) is 29.1 Å². The predicted octanol–water partition coefficient (Wildman–Crippen LogP) is 3.59. The molecule has 53 heavy (non-hydrogen) atoms. The Morgan fingerprint density at radius 3 is 2.28 bits per heavy atom. The second-order valence-corrected chi connectivity index (χ2v) is 12.3. The Morgan fingerprint density at radius 2 is 1.66 bits per heavy atom. The van der Waals surface area contributed by atoms with Gasteiger partial charge in [0.25, 0.3) is 11.8 Å². The fourth-order valence-electron chi connectivity index (χ4n) is 4.99. The molecule has 15 nitrogen and oxygen atoms in total. The van der Waals surface area contributed by atoms with Crippen molar-refractivity contribution in [2.75, 3.05) is 30.9 Å². The van der Waals surface area contributed by atoms with Crippen molar-refractivity contribution in [2.24, 2.45) is 0 Å². The van der Waals surface area contributed by atoms with Crippen LogP contribution in [0.1, 0.15) is 40.7 Å². The van der Waals surface area contributed by atoms with Crippen molar-refractivity contribution in [3.8, 4) is 6.01 Å². The third kappa shape index (κ3) is 11.0. The van der Waals surface area contributed by atoms with Crippen molar-refractivity contribution in [2.45, 2.75) is 43.4 Å². The van der Waals surface area contributed by atoms with E-state index in [4.69, 9.17) is 21.1 Å². The lowest BCUT2D eigenvalue weighted by Crippen LogP contribution is -2.44. The Labute approximate surface area is 304 Å². The first-order valence-corrected chi connectivity index (χ1v) is 16.3. The number of carbonyl (C=O) groups is 4. The van der Waals surface area contributed by atoms with Crippen LogP contribution < -0.4 is 31.6 Å². The molecule has 5 rings (SSSR count). The summed E-state index contributed by atoms with van der Waals surface area (Å²) in [5.41, 5.74) is 0.863. The third-order valence-corrected chi connectivity index (χ3v) is 8.11.